The van der Waals surface area contributed by atoms with Gasteiger partial charge in [-0.15, -0.1) is 0 Å². The number of hydrogen-bond donors (Lipinski definition) is 1. The average molecular weight is 259 g/mol. The van der Waals surface area contributed by atoms with Crippen LogP contribution in [0.25, 0.3) is 0 Å². The number of nitrogens with one attached hydrogen (secondary N) is 1. The van der Waals surface area contributed by atoms with Crippen molar-refractivity contribution in [2.24, 2.45) is 0 Å². The molecular formula is C14H13NO4. The molecule has 5 nitrogen and oxygen atoms in total. The van der Waals surface area contributed by atoms with E-state index in [1.165, 1.54) is 7.11 Å². The molecule has 0 aliphatic rings. The van der Waals surface area contributed by atoms with Crippen LogP contribution in [-0.2, 0) is 4.74 Å². The van der Waals surface area contributed by atoms with Crippen LogP contribution < -0.4 is 4.74 Å². The molecule has 0 fully saturated rings. The number of hydrogen-bond acceptors (Lipinski definition) is 4. The zero-order chi connectivity index (χ0) is 13.7. The lowest BCUT2D eigenvalue weighted by atomic mass is 10.2. The number of aromatic amines is 1. The molecule has 1 aromatic carbocycles. The van der Waals surface area contributed by atoms with Crippen LogP contribution in [0.1, 0.15) is 20.8 Å². The van der Waals surface area contributed by atoms with Crippen LogP contribution in [0.3, 0.4) is 0 Å². The lowest BCUT2D eigenvalue weighted by Gasteiger charge is -2.07. The van der Waals surface area contributed by atoms with Crippen LogP contribution in [0.2, 0.25) is 0 Å². The fraction of sp³-hybridized carbons (Fsp3) is 0.143. The van der Waals surface area contributed by atoms with E-state index in [1.807, 2.05) is 0 Å². The van der Waals surface area contributed by atoms with Crippen LogP contribution in [0.5, 0.6) is 5.75 Å². The number of Topliss-reactive ketones (excluding diaryl/α,β-unsaturated/α-hetero) is 1. The van der Waals surface area contributed by atoms with Gasteiger partial charge in [0.25, 0.3) is 0 Å². The highest BCUT2D eigenvalue weighted by Gasteiger charge is 2.15. The molecule has 0 bridgehead atoms. The van der Waals surface area contributed by atoms with Gasteiger partial charge in [0.1, 0.15) is 11.3 Å². The first-order valence-electron chi connectivity index (χ1n) is 5.69. The van der Waals surface area contributed by atoms with E-state index in [2.05, 4.69) is 4.98 Å². The van der Waals surface area contributed by atoms with E-state index in [4.69, 9.17) is 9.47 Å². The number of ketones is 1. The summed E-state index contributed by atoms with van der Waals surface area (Å²) in [5.74, 6) is -0.453. The maximum atomic E-state index is 11.8. The fourth-order valence-electron chi connectivity index (χ4n) is 1.60. The Kier molecular flexibility index (Phi) is 3.97. The molecule has 1 heterocycles. The number of rotatable bonds is 5. The molecule has 0 atom stereocenters. The summed E-state index contributed by atoms with van der Waals surface area (Å²) in [7, 11) is 1.47. The molecule has 2 rings (SSSR count). The van der Waals surface area contributed by atoms with Crippen molar-refractivity contribution in [3.63, 3.8) is 0 Å². The minimum Gasteiger partial charge on any atom is -0.496 e. The quantitative estimate of drug-likeness (QED) is 0.659. The number of benzene rings is 1. The molecule has 0 radical (unpaired) electrons. The van der Waals surface area contributed by atoms with E-state index in [9.17, 15) is 9.59 Å². The van der Waals surface area contributed by atoms with Crippen LogP contribution >= 0.6 is 0 Å². The highest BCUT2D eigenvalue weighted by Crippen LogP contribution is 2.18. The third-order valence-corrected chi connectivity index (χ3v) is 2.56. The number of aromatic nitrogens is 1. The monoisotopic (exact) mass is 259 g/mol. The van der Waals surface area contributed by atoms with E-state index < -0.39 is 5.97 Å². The van der Waals surface area contributed by atoms with Crippen molar-refractivity contribution in [1.82, 2.24) is 4.98 Å². The Balaban J connectivity index is 2.00. The number of carbonyl (C=O) groups excluding carboxylic acids is 2. The smallest absolute Gasteiger partial charge is 0.342 e. The molecule has 0 amide bonds. The van der Waals surface area contributed by atoms with E-state index in [-0.39, 0.29) is 12.4 Å². The van der Waals surface area contributed by atoms with Crippen molar-refractivity contribution in [1.29, 1.82) is 0 Å². The van der Waals surface area contributed by atoms with Gasteiger partial charge >= 0.3 is 5.97 Å². The third kappa shape index (κ3) is 3.01. The predicted octanol–water partition coefficient (Wildman–Crippen LogP) is 2.06. The Bertz CT molecular complexity index is 575. The number of esters is 1. The minimum atomic E-state index is -0.586. The van der Waals surface area contributed by atoms with Crippen LogP contribution in [0.15, 0.2) is 42.6 Å². The molecule has 0 unspecified atom stereocenters. The Morgan fingerprint density at radius 3 is 2.63 bits per heavy atom. The van der Waals surface area contributed by atoms with Crippen LogP contribution in [0, 0.1) is 0 Å². The molecule has 2 aromatic rings. The highest BCUT2D eigenvalue weighted by atomic mass is 16.5. The molecule has 0 saturated heterocycles. The van der Waals surface area contributed by atoms with Crippen molar-refractivity contribution in [3.8, 4) is 5.75 Å². The topological polar surface area (TPSA) is 68.4 Å². The molecule has 1 aromatic heterocycles. The Morgan fingerprint density at radius 2 is 1.95 bits per heavy atom. The molecule has 0 saturated carbocycles. The second-order valence-electron chi connectivity index (χ2n) is 3.78. The number of ether oxygens (including phenoxy) is 2. The standard InChI is InChI=1S/C14H13NO4/c1-18-13-7-3-2-5-10(13)14(17)19-9-12(16)11-6-4-8-15-11/h2-8,15H,9H2,1H3. The summed E-state index contributed by atoms with van der Waals surface area (Å²) in [6.07, 6.45) is 1.63. The first-order chi connectivity index (χ1) is 9.22. The number of methoxy groups -OCH3 is 1. The van der Waals surface area contributed by atoms with Crippen LogP contribution in [0.4, 0.5) is 0 Å². The molecule has 0 spiro atoms. The lowest BCUT2D eigenvalue weighted by molar-refractivity contribution is 0.0470. The van der Waals surface area contributed by atoms with Gasteiger partial charge in [-0.3, -0.25) is 4.79 Å². The van der Waals surface area contributed by atoms with Gasteiger partial charge in [-0.1, -0.05) is 12.1 Å². The largest absolute Gasteiger partial charge is 0.496 e. The first kappa shape index (κ1) is 12.9. The van der Waals surface area contributed by atoms with E-state index in [1.54, 1.807) is 42.6 Å². The summed E-state index contributed by atoms with van der Waals surface area (Å²) in [5, 5.41) is 0. The van der Waals surface area contributed by atoms with Gasteiger partial charge in [-0.25, -0.2) is 4.79 Å². The Hall–Kier alpha value is -2.56. The van der Waals surface area contributed by atoms with Gasteiger partial charge in [0.15, 0.2) is 6.61 Å². The maximum Gasteiger partial charge on any atom is 0.342 e. The molecule has 98 valence electrons. The molecule has 0 aliphatic carbocycles. The maximum absolute atomic E-state index is 11.8. The zero-order valence-corrected chi connectivity index (χ0v) is 10.4. The molecule has 5 heteroatoms. The van der Waals surface area contributed by atoms with Gasteiger partial charge in [0.2, 0.25) is 5.78 Å². The summed E-state index contributed by atoms with van der Waals surface area (Å²) >= 11 is 0. The normalized spacial score (nSPS) is 9.95. The highest BCUT2D eigenvalue weighted by molar-refractivity contribution is 5.98. The van der Waals surface area contributed by atoms with Crippen molar-refractivity contribution in [2.45, 2.75) is 0 Å². The molecule has 1 N–H and O–H groups in total. The average Bonchev–Trinajstić information content (AvgIpc) is 2.98. The summed E-state index contributed by atoms with van der Waals surface area (Å²) in [4.78, 5) is 26.2. The number of carbonyl (C=O) groups is 2. The Labute approximate surface area is 110 Å². The summed E-state index contributed by atoms with van der Waals surface area (Å²) in [6.45, 7) is -0.308. The van der Waals surface area contributed by atoms with Crippen molar-refractivity contribution in [2.75, 3.05) is 13.7 Å². The van der Waals surface area contributed by atoms with E-state index in [0.717, 1.165) is 0 Å². The molecular weight excluding hydrogens is 246 g/mol. The van der Waals surface area contributed by atoms with Crippen molar-refractivity contribution < 1.29 is 19.1 Å². The molecule has 0 aliphatic heterocycles. The van der Waals surface area contributed by atoms with Crippen molar-refractivity contribution in [3.05, 3.63) is 53.9 Å². The van der Waals surface area contributed by atoms with Gasteiger partial charge in [0, 0.05) is 6.20 Å². The predicted molar refractivity (Wildman–Crippen MR) is 68.4 cm³/mol. The van der Waals surface area contributed by atoms with E-state index >= 15 is 0 Å². The fourth-order valence-corrected chi connectivity index (χ4v) is 1.60. The Morgan fingerprint density at radius 1 is 1.16 bits per heavy atom. The summed E-state index contributed by atoms with van der Waals surface area (Å²) in [6, 6.07) is 10.0. The van der Waals surface area contributed by atoms with Gasteiger partial charge < -0.3 is 14.5 Å². The second kappa shape index (κ2) is 5.86. The number of H-pyrrole nitrogens is 1. The first-order valence-corrected chi connectivity index (χ1v) is 5.69. The summed E-state index contributed by atoms with van der Waals surface area (Å²) < 4.78 is 10.0. The van der Waals surface area contributed by atoms with Gasteiger partial charge in [0.05, 0.1) is 12.8 Å². The van der Waals surface area contributed by atoms with Gasteiger partial charge in [-0.2, -0.15) is 0 Å². The lowest BCUT2D eigenvalue weighted by Crippen LogP contribution is -2.15. The number of para-hydroxylation sites is 1. The van der Waals surface area contributed by atoms with E-state index in [0.29, 0.717) is 17.0 Å². The SMILES string of the molecule is COc1ccccc1C(=O)OCC(=O)c1ccc[nH]1. The van der Waals surface area contributed by atoms with Crippen molar-refractivity contribution >= 4 is 11.8 Å². The third-order valence-electron chi connectivity index (χ3n) is 2.56. The van der Waals surface area contributed by atoms with Gasteiger partial charge in [-0.05, 0) is 24.3 Å². The minimum absolute atomic E-state index is 0.284. The zero-order valence-electron chi connectivity index (χ0n) is 10.4. The van der Waals surface area contributed by atoms with Crippen LogP contribution in [-0.4, -0.2) is 30.5 Å². The summed E-state index contributed by atoms with van der Waals surface area (Å²) in [5.41, 5.74) is 0.706. The second-order valence-corrected chi connectivity index (χ2v) is 3.78. The molecule has 19 heavy (non-hydrogen) atoms.